The van der Waals surface area contributed by atoms with E-state index in [0.717, 1.165) is 11.0 Å². The number of amides is 1. The Morgan fingerprint density at radius 3 is 2.68 bits per heavy atom. The Balaban J connectivity index is 1.91. The van der Waals surface area contributed by atoms with Crippen LogP contribution in [0.1, 0.15) is 24.0 Å². The van der Waals surface area contributed by atoms with Gasteiger partial charge in [0.15, 0.2) is 0 Å². The third-order valence-corrected chi connectivity index (χ3v) is 3.71. The molecular weight excluding hydrogens is 278 g/mol. The number of aromatic nitrogens is 2. The number of hydrogen-bond donors (Lipinski definition) is 2. The van der Waals surface area contributed by atoms with Gasteiger partial charge in [0.1, 0.15) is 0 Å². The Morgan fingerprint density at radius 1 is 1.18 bits per heavy atom. The lowest BCUT2D eigenvalue weighted by molar-refractivity contribution is 0.186. The maximum absolute atomic E-state index is 11.2. The Morgan fingerprint density at radius 2 is 1.95 bits per heavy atom. The van der Waals surface area contributed by atoms with E-state index < -0.39 is 6.09 Å². The molecule has 1 heterocycles. The molecular formula is C17H17N3O2. The molecule has 1 atom stereocenters. The summed E-state index contributed by atoms with van der Waals surface area (Å²) in [5.74, 6) is 0.664. The summed E-state index contributed by atoms with van der Waals surface area (Å²) < 4.78 is 4.56. The average molecular weight is 295 g/mol. The summed E-state index contributed by atoms with van der Waals surface area (Å²) in [7, 11) is 1.32. The zero-order chi connectivity index (χ0) is 15.5. The van der Waals surface area contributed by atoms with Crippen molar-refractivity contribution in [1.82, 2.24) is 9.97 Å². The van der Waals surface area contributed by atoms with Crippen molar-refractivity contribution in [1.29, 1.82) is 0 Å². The van der Waals surface area contributed by atoms with Crippen molar-refractivity contribution >= 4 is 23.1 Å². The van der Waals surface area contributed by atoms with Crippen molar-refractivity contribution in [3.05, 3.63) is 59.7 Å². The molecule has 5 nitrogen and oxygen atoms in total. The lowest BCUT2D eigenvalue weighted by Gasteiger charge is -2.12. The summed E-state index contributed by atoms with van der Waals surface area (Å²) in [5, 5.41) is 2.53. The van der Waals surface area contributed by atoms with Gasteiger partial charge in [-0.1, -0.05) is 43.3 Å². The van der Waals surface area contributed by atoms with Crippen LogP contribution in [0.25, 0.3) is 11.0 Å². The highest BCUT2D eigenvalue weighted by molar-refractivity contribution is 5.86. The van der Waals surface area contributed by atoms with E-state index in [-0.39, 0.29) is 5.92 Å². The minimum absolute atomic E-state index is 0.283. The fourth-order valence-corrected chi connectivity index (χ4v) is 2.44. The van der Waals surface area contributed by atoms with E-state index in [2.05, 4.69) is 51.2 Å². The lowest BCUT2D eigenvalue weighted by atomic mass is 9.93. The second-order valence-electron chi connectivity index (χ2n) is 5.11. The smallest absolute Gasteiger partial charge is 0.413 e. The van der Waals surface area contributed by atoms with Crippen molar-refractivity contribution in [2.45, 2.75) is 12.8 Å². The minimum atomic E-state index is -0.545. The van der Waals surface area contributed by atoms with Gasteiger partial charge < -0.3 is 9.72 Å². The van der Waals surface area contributed by atoms with Crippen molar-refractivity contribution in [3.63, 3.8) is 0 Å². The normalized spacial score (nSPS) is 12.1. The Bertz CT molecular complexity index is 796. The SMILES string of the molecule is COC(=O)Nc1nc2ccc(C(C)c3ccccc3)cc2[nH]1. The molecule has 0 aliphatic rings. The number of fused-ring (bicyclic) bond motifs is 1. The molecule has 1 unspecified atom stereocenters. The van der Waals surface area contributed by atoms with Crippen LogP contribution in [0.15, 0.2) is 48.5 Å². The van der Waals surface area contributed by atoms with E-state index >= 15 is 0 Å². The summed E-state index contributed by atoms with van der Waals surface area (Å²) >= 11 is 0. The summed E-state index contributed by atoms with van der Waals surface area (Å²) in [6, 6.07) is 16.4. The number of hydrogen-bond acceptors (Lipinski definition) is 3. The molecule has 0 bridgehead atoms. The Labute approximate surface area is 128 Å². The highest BCUT2D eigenvalue weighted by Crippen LogP contribution is 2.26. The van der Waals surface area contributed by atoms with Gasteiger partial charge in [-0.2, -0.15) is 0 Å². The Hall–Kier alpha value is -2.82. The van der Waals surface area contributed by atoms with Gasteiger partial charge in [-0.3, -0.25) is 5.32 Å². The van der Waals surface area contributed by atoms with Gasteiger partial charge in [0.05, 0.1) is 18.1 Å². The highest BCUT2D eigenvalue weighted by atomic mass is 16.5. The van der Waals surface area contributed by atoms with E-state index in [4.69, 9.17) is 0 Å². The van der Waals surface area contributed by atoms with Crippen LogP contribution in [0.4, 0.5) is 10.7 Å². The van der Waals surface area contributed by atoms with Crippen LogP contribution >= 0.6 is 0 Å². The number of rotatable bonds is 3. The summed E-state index contributed by atoms with van der Waals surface area (Å²) in [5.41, 5.74) is 4.13. The predicted molar refractivity (Wildman–Crippen MR) is 86.1 cm³/mol. The zero-order valence-corrected chi connectivity index (χ0v) is 12.5. The number of nitrogens with zero attached hydrogens (tertiary/aromatic N) is 1. The first-order valence-electron chi connectivity index (χ1n) is 7.07. The van der Waals surface area contributed by atoms with E-state index in [1.807, 2.05) is 24.3 Å². The molecule has 1 amide bonds. The highest BCUT2D eigenvalue weighted by Gasteiger charge is 2.11. The standard InChI is InChI=1S/C17H17N3O2/c1-11(12-6-4-3-5-7-12)13-8-9-14-15(10-13)19-16(18-14)20-17(21)22-2/h3-11H,1-2H3,(H2,18,19,20,21). The lowest BCUT2D eigenvalue weighted by Crippen LogP contribution is -2.11. The number of ether oxygens (including phenoxy) is 1. The molecule has 0 spiro atoms. The van der Waals surface area contributed by atoms with E-state index in [0.29, 0.717) is 5.95 Å². The number of benzene rings is 2. The first-order valence-corrected chi connectivity index (χ1v) is 7.07. The molecule has 0 aliphatic heterocycles. The molecule has 5 heteroatoms. The van der Waals surface area contributed by atoms with Crippen molar-refractivity contribution in [3.8, 4) is 0 Å². The monoisotopic (exact) mass is 295 g/mol. The van der Waals surface area contributed by atoms with Gasteiger partial charge in [0.2, 0.25) is 5.95 Å². The third kappa shape index (κ3) is 2.79. The second kappa shape index (κ2) is 5.89. The van der Waals surface area contributed by atoms with E-state index in [9.17, 15) is 4.79 Å². The molecule has 0 radical (unpaired) electrons. The maximum atomic E-state index is 11.2. The molecule has 0 fully saturated rings. The number of nitrogens with one attached hydrogen (secondary N) is 2. The van der Waals surface area contributed by atoms with Crippen molar-refractivity contribution in [2.24, 2.45) is 0 Å². The molecule has 2 aromatic carbocycles. The molecule has 3 aromatic rings. The van der Waals surface area contributed by atoms with Crippen LogP contribution < -0.4 is 5.32 Å². The number of methoxy groups -OCH3 is 1. The number of aromatic amines is 1. The first-order chi connectivity index (χ1) is 10.7. The van der Waals surface area contributed by atoms with Gasteiger partial charge in [-0.05, 0) is 23.3 Å². The minimum Gasteiger partial charge on any atom is -0.453 e. The van der Waals surface area contributed by atoms with Crippen molar-refractivity contribution < 1.29 is 9.53 Å². The zero-order valence-electron chi connectivity index (χ0n) is 12.5. The topological polar surface area (TPSA) is 67.0 Å². The van der Waals surface area contributed by atoms with Crippen LogP contribution in [0, 0.1) is 0 Å². The third-order valence-electron chi connectivity index (χ3n) is 3.71. The Kier molecular flexibility index (Phi) is 3.78. The molecule has 0 aliphatic carbocycles. The molecule has 3 rings (SSSR count). The van der Waals surface area contributed by atoms with Crippen LogP contribution in [-0.2, 0) is 4.74 Å². The van der Waals surface area contributed by atoms with Gasteiger partial charge in [0, 0.05) is 5.92 Å². The summed E-state index contributed by atoms with van der Waals surface area (Å²) in [4.78, 5) is 18.6. The maximum Gasteiger partial charge on any atom is 0.413 e. The fourth-order valence-electron chi connectivity index (χ4n) is 2.44. The molecule has 22 heavy (non-hydrogen) atoms. The second-order valence-corrected chi connectivity index (χ2v) is 5.11. The molecule has 2 N–H and O–H groups in total. The van der Waals surface area contributed by atoms with Crippen LogP contribution in [0.3, 0.4) is 0 Å². The van der Waals surface area contributed by atoms with Gasteiger partial charge >= 0.3 is 6.09 Å². The van der Waals surface area contributed by atoms with Gasteiger partial charge in [0.25, 0.3) is 0 Å². The summed E-state index contributed by atoms with van der Waals surface area (Å²) in [6.45, 7) is 2.17. The van der Waals surface area contributed by atoms with Gasteiger partial charge in [-0.15, -0.1) is 0 Å². The fraction of sp³-hybridized carbons (Fsp3) is 0.176. The molecule has 0 saturated carbocycles. The number of carbonyl (C=O) groups is 1. The van der Waals surface area contributed by atoms with Crippen LogP contribution in [-0.4, -0.2) is 23.2 Å². The number of imidazole rings is 1. The van der Waals surface area contributed by atoms with Crippen LogP contribution in [0.2, 0.25) is 0 Å². The number of carbonyl (C=O) groups excluding carboxylic acids is 1. The van der Waals surface area contributed by atoms with Gasteiger partial charge in [-0.25, -0.2) is 9.78 Å². The predicted octanol–water partition coefficient (Wildman–Crippen LogP) is 3.89. The average Bonchev–Trinajstić information content (AvgIpc) is 2.96. The quantitative estimate of drug-likeness (QED) is 0.770. The number of anilines is 1. The summed E-state index contributed by atoms with van der Waals surface area (Å²) in [6.07, 6.45) is -0.545. The molecule has 0 saturated heterocycles. The van der Waals surface area contributed by atoms with Crippen molar-refractivity contribution in [2.75, 3.05) is 12.4 Å². The largest absolute Gasteiger partial charge is 0.453 e. The van der Waals surface area contributed by atoms with Crippen LogP contribution in [0.5, 0.6) is 0 Å². The van der Waals surface area contributed by atoms with E-state index in [1.165, 1.54) is 18.2 Å². The first kappa shape index (κ1) is 14.1. The number of H-pyrrole nitrogens is 1. The molecule has 1 aromatic heterocycles. The molecule has 112 valence electrons. The van der Waals surface area contributed by atoms with E-state index in [1.54, 1.807) is 0 Å².